The predicted octanol–water partition coefficient (Wildman–Crippen LogP) is 2.43. The van der Waals surface area contributed by atoms with Crippen LogP contribution in [0.4, 0.5) is 0 Å². The van der Waals surface area contributed by atoms with Crippen molar-refractivity contribution in [3.8, 4) is 0 Å². The second-order valence-electron chi connectivity index (χ2n) is 6.40. The number of nitrogens with two attached hydrogens (primary N) is 1. The Bertz CT molecular complexity index is 368. The fourth-order valence-electron chi connectivity index (χ4n) is 2.89. The van der Waals surface area contributed by atoms with Gasteiger partial charge in [-0.2, -0.15) is 0 Å². The quantitative estimate of drug-likeness (QED) is 0.360. The van der Waals surface area contributed by atoms with Crippen LogP contribution >= 0.6 is 0 Å². The van der Waals surface area contributed by atoms with Gasteiger partial charge in [0.2, 0.25) is 5.91 Å². The molecule has 0 radical (unpaired) electrons. The summed E-state index contributed by atoms with van der Waals surface area (Å²) in [6.07, 6.45) is 3.78. The van der Waals surface area contributed by atoms with Crippen molar-refractivity contribution < 1.29 is 10.0 Å². The van der Waals surface area contributed by atoms with Gasteiger partial charge in [0.05, 0.1) is 0 Å². The van der Waals surface area contributed by atoms with Gasteiger partial charge in [0, 0.05) is 13.1 Å². The van der Waals surface area contributed by atoms with Gasteiger partial charge in [-0.05, 0) is 44.4 Å². The Labute approximate surface area is 122 Å². The highest BCUT2D eigenvalue weighted by atomic mass is 16.4. The molecule has 20 heavy (non-hydrogen) atoms. The maximum atomic E-state index is 12.7. The van der Waals surface area contributed by atoms with Gasteiger partial charge in [0.15, 0.2) is 5.84 Å². The van der Waals surface area contributed by atoms with Crippen molar-refractivity contribution in [3.63, 3.8) is 0 Å². The van der Waals surface area contributed by atoms with Gasteiger partial charge in [0.25, 0.3) is 0 Å². The Morgan fingerprint density at radius 2 is 2.10 bits per heavy atom. The fraction of sp³-hybridized carbons (Fsp3) is 0.867. The molecule has 1 aliphatic heterocycles. The third-order valence-electron chi connectivity index (χ3n) is 4.85. The van der Waals surface area contributed by atoms with Gasteiger partial charge in [-0.3, -0.25) is 4.79 Å². The molecule has 0 aromatic rings. The van der Waals surface area contributed by atoms with Crippen LogP contribution in [-0.2, 0) is 4.79 Å². The van der Waals surface area contributed by atoms with Crippen LogP contribution in [0.1, 0.15) is 53.4 Å². The van der Waals surface area contributed by atoms with Crippen molar-refractivity contribution in [1.29, 1.82) is 0 Å². The Hall–Kier alpha value is -1.26. The number of hydrogen-bond acceptors (Lipinski definition) is 3. The van der Waals surface area contributed by atoms with E-state index in [0.29, 0.717) is 18.3 Å². The molecule has 2 atom stereocenters. The molecule has 1 aliphatic rings. The van der Waals surface area contributed by atoms with Crippen LogP contribution in [-0.4, -0.2) is 34.9 Å². The molecule has 2 unspecified atom stereocenters. The molecule has 1 rings (SSSR count). The second-order valence-corrected chi connectivity index (χ2v) is 6.40. The molecule has 3 N–H and O–H groups in total. The number of amidine groups is 1. The third-order valence-corrected chi connectivity index (χ3v) is 4.85. The van der Waals surface area contributed by atoms with Crippen LogP contribution in [0.15, 0.2) is 5.16 Å². The van der Waals surface area contributed by atoms with Gasteiger partial charge in [-0.25, -0.2) is 0 Å². The molecule has 116 valence electrons. The first kappa shape index (κ1) is 16.8. The smallest absolute Gasteiger partial charge is 0.236 e. The summed E-state index contributed by atoms with van der Waals surface area (Å²) < 4.78 is 0. The summed E-state index contributed by atoms with van der Waals surface area (Å²) in [6, 6.07) is 0. The second kappa shape index (κ2) is 6.95. The molecular weight excluding hydrogens is 254 g/mol. The minimum absolute atomic E-state index is 0.00894. The number of amides is 1. The summed E-state index contributed by atoms with van der Waals surface area (Å²) in [7, 11) is 0. The van der Waals surface area contributed by atoms with E-state index in [9.17, 15) is 4.79 Å². The van der Waals surface area contributed by atoms with Crippen LogP contribution in [0, 0.1) is 17.3 Å². The molecule has 1 amide bonds. The van der Waals surface area contributed by atoms with Crippen LogP contribution < -0.4 is 5.73 Å². The molecule has 0 spiro atoms. The molecular formula is C15H29N3O2. The maximum absolute atomic E-state index is 12.7. The zero-order chi connectivity index (χ0) is 15.3. The molecule has 0 saturated carbocycles. The van der Waals surface area contributed by atoms with E-state index in [1.165, 1.54) is 6.42 Å². The van der Waals surface area contributed by atoms with Gasteiger partial charge in [-0.1, -0.05) is 25.9 Å². The highest BCUT2D eigenvalue weighted by Crippen LogP contribution is 2.29. The van der Waals surface area contributed by atoms with E-state index in [4.69, 9.17) is 10.9 Å². The lowest BCUT2D eigenvalue weighted by molar-refractivity contribution is -0.137. The zero-order valence-corrected chi connectivity index (χ0v) is 13.2. The Balaban J connectivity index is 2.81. The highest BCUT2D eigenvalue weighted by molar-refractivity contribution is 6.06. The van der Waals surface area contributed by atoms with Crippen molar-refractivity contribution in [3.05, 3.63) is 0 Å². The summed E-state index contributed by atoms with van der Waals surface area (Å²) in [5.74, 6) is 1.34. The lowest BCUT2D eigenvalue weighted by atomic mass is 9.84. The predicted molar refractivity (Wildman–Crippen MR) is 80.6 cm³/mol. The van der Waals surface area contributed by atoms with E-state index < -0.39 is 5.41 Å². The topological polar surface area (TPSA) is 78.9 Å². The van der Waals surface area contributed by atoms with Crippen LogP contribution in [0.25, 0.3) is 0 Å². The maximum Gasteiger partial charge on any atom is 0.236 e. The van der Waals surface area contributed by atoms with Crippen LogP contribution in [0.2, 0.25) is 0 Å². The first-order valence-corrected chi connectivity index (χ1v) is 7.64. The first-order chi connectivity index (χ1) is 9.36. The average molecular weight is 283 g/mol. The Kier molecular flexibility index (Phi) is 5.84. The minimum Gasteiger partial charge on any atom is -0.409 e. The zero-order valence-electron chi connectivity index (χ0n) is 13.2. The number of hydrogen-bond donors (Lipinski definition) is 2. The van der Waals surface area contributed by atoms with E-state index in [1.807, 2.05) is 11.8 Å². The molecule has 0 bridgehead atoms. The first-order valence-electron chi connectivity index (χ1n) is 7.64. The summed E-state index contributed by atoms with van der Waals surface area (Å²) in [5.41, 5.74) is 4.84. The Morgan fingerprint density at radius 1 is 1.45 bits per heavy atom. The van der Waals surface area contributed by atoms with Gasteiger partial charge >= 0.3 is 0 Å². The number of carbonyl (C=O) groups excluding carboxylic acids is 1. The third kappa shape index (κ3) is 3.44. The van der Waals surface area contributed by atoms with E-state index >= 15 is 0 Å². The molecule has 0 aromatic carbocycles. The lowest BCUT2D eigenvalue weighted by Gasteiger charge is -2.32. The van der Waals surface area contributed by atoms with Gasteiger partial charge in [-0.15, -0.1) is 0 Å². The van der Waals surface area contributed by atoms with E-state index in [0.717, 1.165) is 25.9 Å². The van der Waals surface area contributed by atoms with Crippen molar-refractivity contribution in [2.75, 3.05) is 13.1 Å². The van der Waals surface area contributed by atoms with Crippen LogP contribution in [0.5, 0.6) is 0 Å². The molecule has 5 nitrogen and oxygen atoms in total. The van der Waals surface area contributed by atoms with Crippen molar-refractivity contribution in [1.82, 2.24) is 4.90 Å². The molecule has 1 fully saturated rings. The molecule has 5 heteroatoms. The van der Waals surface area contributed by atoms with Gasteiger partial charge in [0.1, 0.15) is 5.41 Å². The number of likely N-dealkylation sites (tertiary alicyclic amines) is 1. The van der Waals surface area contributed by atoms with E-state index in [-0.39, 0.29) is 11.7 Å². The lowest BCUT2D eigenvalue weighted by Crippen LogP contribution is -2.49. The van der Waals surface area contributed by atoms with Crippen molar-refractivity contribution >= 4 is 11.7 Å². The Morgan fingerprint density at radius 3 is 2.60 bits per heavy atom. The van der Waals surface area contributed by atoms with E-state index in [2.05, 4.69) is 19.0 Å². The molecule has 1 heterocycles. The minimum atomic E-state index is -0.896. The summed E-state index contributed by atoms with van der Waals surface area (Å²) >= 11 is 0. The highest BCUT2D eigenvalue weighted by Gasteiger charge is 2.40. The number of carbonyl (C=O) groups is 1. The summed E-state index contributed by atoms with van der Waals surface area (Å²) in [5, 5.41) is 12.0. The number of oxime groups is 1. The average Bonchev–Trinajstić information content (AvgIpc) is 2.70. The molecule has 0 aliphatic carbocycles. The van der Waals surface area contributed by atoms with Crippen LogP contribution in [0.3, 0.4) is 0 Å². The van der Waals surface area contributed by atoms with Gasteiger partial charge < -0.3 is 15.8 Å². The fourth-order valence-corrected chi connectivity index (χ4v) is 2.89. The summed E-state index contributed by atoms with van der Waals surface area (Å²) in [4.78, 5) is 14.6. The molecule has 0 aromatic heterocycles. The normalized spacial score (nSPS) is 24.4. The number of rotatable bonds is 4. The standard InChI is InChI=1S/C15H29N3O2/c1-5-15(4,13(16)17-20)14(19)18-9-6-7-12(8-10-18)11(2)3/h11-12,20H,5-10H2,1-4H3,(H2,16,17). The van der Waals surface area contributed by atoms with Crippen molar-refractivity contribution in [2.24, 2.45) is 28.1 Å². The largest absolute Gasteiger partial charge is 0.409 e. The summed E-state index contributed by atoms with van der Waals surface area (Å²) in [6.45, 7) is 9.69. The SMILES string of the molecule is CCC(C)(C(=O)N1CCCC(C(C)C)CC1)C(N)=NO. The van der Waals surface area contributed by atoms with E-state index in [1.54, 1.807) is 6.92 Å². The van der Waals surface area contributed by atoms with Crippen molar-refractivity contribution in [2.45, 2.75) is 53.4 Å². The number of nitrogens with zero attached hydrogens (tertiary/aromatic N) is 2. The monoisotopic (exact) mass is 283 g/mol. The molecule has 1 saturated heterocycles.